The zero-order chi connectivity index (χ0) is 12.2. The highest BCUT2D eigenvalue weighted by Gasteiger charge is 2.10. The van der Waals surface area contributed by atoms with E-state index in [9.17, 15) is 4.79 Å². The van der Waals surface area contributed by atoms with Crippen molar-refractivity contribution in [3.8, 4) is 0 Å². The van der Waals surface area contributed by atoms with Gasteiger partial charge in [-0.25, -0.2) is 0 Å². The summed E-state index contributed by atoms with van der Waals surface area (Å²) in [4.78, 5) is 11.3. The number of rotatable bonds is 4. The molecule has 0 spiro atoms. The molecule has 16 heavy (non-hydrogen) atoms. The number of nitrogens with zero attached hydrogens (tertiary/aromatic N) is 1. The van der Waals surface area contributed by atoms with E-state index in [4.69, 9.17) is 0 Å². The highest BCUT2D eigenvalue weighted by Crippen LogP contribution is 2.05. The molecule has 0 saturated carbocycles. The normalized spacial score (nSPS) is 11.5. The van der Waals surface area contributed by atoms with Gasteiger partial charge in [-0.05, 0) is 32.9 Å². The molecule has 1 rings (SSSR count). The second-order valence-electron chi connectivity index (χ2n) is 4.90. The lowest BCUT2D eigenvalue weighted by molar-refractivity contribution is -0.121. The van der Waals surface area contributed by atoms with Gasteiger partial charge in [0.1, 0.15) is 6.54 Å². The van der Waals surface area contributed by atoms with Crippen molar-refractivity contribution < 1.29 is 4.79 Å². The van der Waals surface area contributed by atoms with Gasteiger partial charge in [-0.3, -0.25) is 4.79 Å². The van der Waals surface area contributed by atoms with Gasteiger partial charge >= 0.3 is 0 Å². The van der Waals surface area contributed by atoms with Crippen molar-refractivity contribution in [3.63, 3.8) is 0 Å². The van der Waals surface area contributed by atoms with Gasteiger partial charge in [0, 0.05) is 31.0 Å². The van der Waals surface area contributed by atoms with Gasteiger partial charge in [0.25, 0.3) is 0 Å². The Kier molecular flexibility index (Phi) is 4.12. The number of likely N-dealkylation sites (N-methyl/N-ethyl adjacent to an activating group) is 1. The van der Waals surface area contributed by atoms with Crippen LogP contribution in [0.5, 0.6) is 0 Å². The second-order valence-corrected chi connectivity index (χ2v) is 4.90. The first-order chi connectivity index (χ1) is 7.42. The molecule has 0 saturated heterocycles. The lowest BCUT2D eigenvalue weighted by Gasteiger charge is -2.21. The molecule has 0 radical (unpaired) electrons. The standard InChI is InChI=1S/C12H21N3O/c1-12(2,3)14-8-10-6-5-7-15(10)9-11(16)13-4/h5-7,14H,8-9H2,1-4H3,(H,13,16). The smallest absolute Gasteiger partial charge is 0.239 e. The van der Waals surface area contributed by atoms with Gasteiger partial charge < -0.3 is 15.2 Å². The van der Waals surface area contributed by atoms with E-state index < -0.39 is 0 Å². The maximum atomic E-state index is 11.3. The molecule has 4 heteroatoms. The number of carbonyl (C=O) groups excluding carboxylic acids is 1. The molecular weight excluding hydrogens is 202 g/mol. The highest BCUT2D eigenvalue weighted by molar-refractivity contribution is 5.75. The minimum absolute atomic E-state index is 0.0215. The summed E-state index contributed by atoms with van der Waals surface area (Å²) in [6.07, 6.45) is 1.93. The molecule has 0 fully saturated rings. The lowest BCUT2D eigenvalue weighted by Crippen LogP contribution is -2.36. The quantitative estimate of drug-likeness (QED) is 0.803. The van der Waals surface area contributed by atoms with Gasteiger partial charge in [-0.1, -0.05) is 0 Å². The van der Waals surface area contributed by atoms with Gasteiger partial charge in [-0.2, -0.15) is 0 Å². The summed E-state index contributed by atoms with van der Waals surface area (Å²) in [7, 11) is 1.65. The van der Waals surface area contributed by atoms with Crippen molar-refractivity contribution in [1.29, 1.82) is 0 Å². The van der Waals surface area contributed by atoms with E-state index in [-0.39, 0.29) is 11.4 Å². The van der Waals surface area contributed by atoms with Crippen LogP contribution < -0.4 is 10.6 Å². The van der Waals surface area contributed by atoms with Crippen LogP contribution in [-0.2, 0) is 17.9 Å². The van der Waals surface area contributed by atoms with E-state index in [1.54, 1.807) is 7.05 Å². The molecule has 0 bridgehead atoms. The molecule has 2 N–H and O–H groups in total. The van der Waals surface area contributed by atoms with Crippen molar-refractivity contribution in [2.75, 3.05) is 7.05 Å². The Balaban J connectivity index is 2.60. The topological polar surface area (TPSA) is 46.1 Å². The van der Waals surface area contributed by atoms with Crippen LogP contribution >= 0.6 is 0 Å². The molecular formula is C12H21N3O. The third-order valence-electron chi connectivity index (χ3n) is 2.32. The molecule has 0 atom stereocenters. The molecule has 0 aliphatic heterocycles. The Labute approximate surface area is 97.0 Å². The maximum Gasteiger partial charge on any atom is 0.239 e. The van der Waals surface area contributed by atoms with Crippen LogP contribution in [-0.4, -0.2) is 23.1 Å². The summed E-state index contributed by atoms with van der Waals surface area (Å²) < 4.78 is 1.96. The van der Waals surface area contributed by atoms with Crippen molar-refractivity contribution >= 4 is 5.91 Å². The van der Waals surface area contributed by atoms with Gasteiger partial charge in [0.15, 0.2) is 0 Å². The Bertz CT molecular complexity index is 349. The summed E-state index contributed by atoms with van der Waals surface area (Å²) in [5.41, 5.74) is 1.21. The number of carbonyl (C=O) groups is 1. The van der Waals surface area contributed by atoms with Crippen molar-refractivity contribution in [1.82, 2.24) is 15.2 Å². The molecule has 0 aliphatic carbocycles. The fourth-order valence-corrected chi connectivity index (χ4v) is 1.35. The maximum absolute atomic E-state index is 11.3. The SMILES string of the molecule is CNC(=O)Cn1cccc1CNC(C)(C)C. The third kappa shape index (κ3) is 4.06. The van der Waals surface area contributed by atoms with Crippen molar-refractivity contribution in [2.24, 2.45) is 0 Å². The third-order valence-corrected chi connectivity index (χ3v) is 2.32. The zero-order valence-corrected chi connectivity index (χ0v) is 10.5. The molecule has 90 valence electrons. The van der Waals surface area contributed by atoms with Crippen LogP contribution in [0.4, 0.5) is 0 Å². The van der Waals surface area contributed by atoms with E-state index in [0.29, 0.717) is 6.54 Å². The Morgan fingerprint density at radius 1 is 1.44 bits per heavy atom. The average Bonchev–Trinajstić information content (AvgIpc) is 2.61. The average molecular weight is 223 g/mol. The molecule has 1 amide bonds. The fraction of sp³-hybridized carbons (Fsp3) is 0.583. The zero-order valence-electron chi connectivity index (χ0n) is 10.5. The second kappa shape index (κ2) is 5.16. The van der Waals surface area contributed by atoms with Crippen LogP contribution in [0.25, 0.3) is 0 Å². The summed E-state index contributed by atoms with van der Waals surface area (Å²) >= 11 is 0. The van der Waals surface area contributed by atoms with E-state index in [0.717, 1.165) is 12.2 Å². The monoisotopic (exact) mass is 223 g/mol. The first-order valence-corrected chi connectivity index (χ1v) is 5.52. The number of hydrogen-bond donors (Lipinski definition) is 2. The summed E-state index contributed by atoms with van der Waals surface area (Å²) in [5.74, 6) is 0.0215. The van der Waals surface area contributed by atoms with Crippen molar-refractivity contribution in [3.05, 3.63) is 24.0 Å². The minimum Gasteiger partial charge on any atom is -0.358 e. The molecule has 4 nitrogen and oxygen atoms in total. The predicted molar refractivity (Wildman–Crippen MR) is 65.1 cm³/mol. The Morgan fingerprint density at radius 2 is 2.12 bits per heavy atom. The van der Waals surface area contributed by atoms with Crippen LogP contribution in [0.15, 0.2) is 18.3 Å². The van der Waals surface area contributed by atoms with Gasteiger partial charge in [0.2, 0.25) is 5.91 Å². The number of hydrogen-bond acceptors (Lipinski definition) is 2. The van der Waals surface area contributed by atoms with E-state index in [1.165, 1.54) is 0 Å². The molecule has 0 unspecified atom stereocenters. The van der Waals surface area contributed by atoms with Crippen molar-refractivity contribution in [2.45, 2.75) is 39.4 Å². The minimum atomic E-state index is 0.0215. The number of amides is 1. The van der Waals surface area contributed by atoms with E-state index in [2.05, 4.69) is 31.4 Å². The van der Waals surface area contributed by atoms with E-state index in [1.807, 2.05) is 22.9 Å². The number of nitrogens with one attached hydrogen (secondary N) is 2. The van der Waals surface area contributed by atoms with Crippen LogP contribution in [0.3, 0.4) is 0 Å². The first kappa shape index (κ1) is 12.8. The largest absolute Gasteiger partial charge is 0.358 e. The summed E-state index contributed by atoms with van der Waals surface area (Å²) in [6.45, 7) is 7.52. The van der Waals surface area contributed by atoms with E-state index >= 15 is 0 Å². The molecule has 1 aromatic rings. The molecule has 0 aromatic carbocycles. The Hall–Kier alpha value is -1.29. The summed E-state index contributed by atoms with van der Waals surface area (Å²) in [6, 6.07) is 3.99. The van der Waals surface area contributed by atoms with Crippen LogP contribution in [0.2, 0.25) is 0 Å². The van der Waals surface area contributed by atoms with Crippen LogP contribution in [0, 0.1) is 0 Å². The van der Waals surface area contributed by atoms with Crippen LogP contribution in [0.1, 0.15) is 26.5 Å². The summed E-state index contributed by atoms with van der Waals surface area (Å²) in [5, 5.41) is 6.03. The van der Waals surface area contributed by atoms with Gasteiger partial charge in [0.05, 0.1) is 0 Å². The lowest BCUT2D eigenvalue weighted by atomic mass is 10.1. The molecule has 1 aromatic heterocycles. The highest BCUT2D eigenvalue weighted by atomic mass is 16.1. The number of aromatic nitrogens is 1. The first-order valence-electron chi connectivity index (χ1n) is 5.52. The molecule has 0 aliphatic rings. The fourth-order valence-electron chi connectivity index (χ4n) is 1.35. The predicted octanol–water partition coefficient (Wildman–Crippen LogP) is 1.12. The Morgan fingerprint density at radius 3 is 2.69 bits per heavy atom. The molecule has 1 heterocycles. The van der Waals surface area contributed by atoms with Gasteiger partial charge in [-0.15, -0.1) is 0 Å².